The van der Waals surface area contributed by atoms with Gasteiger partial charge < -0.3 is 10.6 Å². The number of anilines is 2. The van der Waals surface area contributed by atoms with Crippen molar-refractivity contribution in [3.05, 3.63) is 81.2 Å². The molecule has 1 amide bonds. The maximum absolute atomic E-state index is 13.2. The first-order valence-corrected chi connectivity index (χ1v) is 9.40. The van der Waals surface area contributed by atoms with E-state index >= 15 is 0 Å². The third kappa shape index (κ3) is 3.37. The lowest BCUT2D eigenvalue weighted by Crippen LogP contribution is -2.31. The standard InChI is InChI=1S/C20H17Cl2N5O/c1-11-3-6-14(7-4-11)26-19(28)17-12(2)25-20-23-10-24-27(20)18(17)13-5-8-15(21)16(22)9-13/h3-10,18H,1-2H3,(H,26,28)(H,23,24,25). The highest BCUT2D eigenvalue weighted by molar-refractivity contribution is 6.42. The Labute approximate surface area is 172 Å². The second-order valence-electron chi connectivity index (χ2n) is 6.59. The maximum atomic E-state index is 13.2. The molecular weight excluding hydrogens is 397 g/mol. The fraction of sp³-hybridized carbons (Fsp3) is 0.150. The number of carbonyl (C=O) groups is 1. The molecule has 142 valence electrons. The van der Waals surface area contributed by atoms with Gasteiger partial charge in [0.15, 0.2) is 0 Å². The first-order chi connectivity index (χ1) is 13.4. The number of benzene rings is 2. The summed E-state index contributed by atoms with van der Waals surface area (Å²) in [6, 6.07) is 12.4. The second kappa shape index (κ2) is 7.30. The van der Waals surface area contributed by atoms with E-state index in [4.69, 9.17) is 23.2 Å². The van der Waals surface area contributed by atoms with Gasteiger partial charge in [0.2, 0.25) is 5.95 Å². The topological polar surface area (TPSA) is 71.8 Å². The molecule has 6 nitrogen and oxygen atoms in total. The van der Waals surface area contributed by atoms with Crippen molar-refractivity contribution in [3.8, 4) is 0 Å². The van der Waals surface area contributed by atoms with E-state index in [0.717, 1.165) is 11.1 Å². The molecule has 4 rings (SSSR count). The molecule has 8 heteroatoms. The minimum absolute atomic E-state index is 0.230. The fourth-order valence-electron chi connectivity index (χ4n) is 3.21. The van der Waals surface area contributed by atoms with Crippen molar-refractivity contribution in [3.63, 3.8) is 0 Å². The zero-order valence-corrected chi connectivity index (χ0v) is 16.7. The first kappa shape index (κ1) is 18.5. The largest absolute Gasteiger partial charge is 0.328 e. The molecule has 0 radical (unpaired) electrons. The van der Waals surface area contributed by atoms with Crippen molar-refractivity contribution in [2.24, 2.45) is 0 Å². The lowest BCUT2D eigenvalue weighted by atomic mass is 9.95. The van der Waals surface area contributed by atoms with Crippen LogP contribution in [0.2, 0.25) is 10.0 Å². The predicted molar refractivity (Wildman–Crippen MR) is 111 cm³/mol. The van der Waals surface area contributed by atoms with E-state index in [2.05, 4.69) is 20.7 Å². The van der Waals surface area contributed by atoms with Crippen LogP contribution in [0.1, 0.15) is 24.1 Å². The molecule has 2 N–H and O–H groups in total. The van der Waals surface area contributed by atoms with Crippen LogP contribution in [0.3, 0.4) is 0 Å². The number of nitrogens with zero attached hydrogens (tertiary/aromatic N) is 3. The van der Waals surface area contributed by atoms with Gasteiger partial charge in [-0.05, 0) is 43.7 Å². The van der Waals surface area contributed by atoms with Gasteiger partial charge in [-0.25, -0.2) is 4.68 Å². The Morgan fingerprint density at radius 1 is 1.11 bits per heavy atom. The summed E-state index contributed by atoms with van der Waals surface area (Å²) in [6.07, 6.45) is 1.45. The molecule has 0 fully saturated rings. The van der Waals surface area contributed by atoms with Gasteiger partial charge in [0.05, 0.1) is 15.6 Å². The molecule has 1 aliphatic rings. The Kier molecular flexibility index (Phi) is 4.83. The highest BCUT2D eigenvalue weighted by atomic mass is 35.5. The number of fused-ring (bicyclic) bond motifs is 1. The van der Waals surface area contributed by atoms with Crippen LogP contribution in [0.15, 0.2) is 60.1 Å². The van der Waals surface area contributed by atoms with Gasteiger partial charge in [0.1, 0.15) is 12.4 Å². The summed E-state index contributed by atoms with van der Waals surface area (Å²) in [5, 5.41) is 11.3. The molecule has 1 unspecified atom stereocenters. The molecule has 2 aromatic carbocycles. The molecule has 1 aromatic heterocycles. The van der Waals surface area contributed by atoms with E-state index in [9.17, 15) is 4.79 Å². The lowest BCUT2D eigenvalue weighted by Gasteiger charge is -2.29. The third-order valence-electron chi connectivity index (χ3n) is 4.61. The molecule has 1 atom stereocenters. The van der Waals surface area contributed by atoms with Gasteiger partial charge in [0, 0.05) is 11.4 Å². The van der Waals surface area contributed by atoms with Crippen molar-refractivity contribution in [1.82, 2.24) is 14.8 Å². The van der Waals surface area contributed by atoms with E-state index in [0.29, 0.717) is 33.0 Å². The van der Waals surface area contributed by atoms with Gasteiger partial charge in [0.25, 0.3) is 5.91 Å². The van der Waals surface area contributed by atoms with E-state index in [1.54, 1.807) is 16.8 Å². The van der Waals surface area contributed by atoms with Crippen molar-refractivity contribution in [1.29, 1.82) is 0 Å². The molecule has 1 aliphatic heterocycles. The molecule has 0 bridgehead atoms. The van der Waals surface area contributed by atoms with Crippen LogP contribution >= 0.6 is 23.2 Å². The molecule has 2 heterocycles. The summed E-state index contributed by atoms with van der Waals surface area (Å²) in [7, 11) is 0. The number of hydrogen-bond acceptors (Lipinski definition) is 4. The SMILES string of the molecule is CC1=C(C(=O)Nc2ccc(C)cc2)C(c2ccc(Cl)c(Cl)c2)n2ncnc2N1. The van der Waals surface area contributed by atoms with E-state index < -0.39 is 6.04 Å². The summed E-state index contributed by atoms with van der Waals surface area (Å²) >= 11 is 12.3. The molecule has 0 saturated carbocycles. The van der Waals surface area contributed by atoms with Crippen molar-refractivity contribution < 1.29 is 4.79 Å². The number of aryl methyl sites for hydroxylation is 1. The number of rotatable bonds is 3. The molecule has 28 heavy (non-hydrogen) atoms. The molecule has 3 aromatic rings. The molecule has 0 spiro atoms. The Hall–Kier alpha value is -2.83. The van der Waals surface area contributed by atoms with E-state index in [1.807, 2.05) is 44.2 Å². The van der Waals surface area contributed by atoms with Crippen molar-refractivity contribution >= 4 is 40.7 Å². The quantitative estimate of drug-likeness (QED) is 0.645. The smallest absolute Gasteiger partial charge is 0.255 e. The molecule has 0 saturated heterocycles. The highest BCUT2D eigenvalue weighted by Crippen LogP contribution is 2.37. The minimum Gasteiger partial charge on any atom is -0.328 e. The van der Waals surface area contributed by atoms with Crippen molar-refractivity contribution in [2.75, 3.05) is 10.6 Å². The second-order valence-corrected chi connectivity index (χ2v) is 7.40. The number of allylic oxidation sites excluding steroid dienone is 1. The summed E-state index contributed by atoms with van der Waals surface area (Å²) in [4.78, 5) is 17.4. The number of nitrogens with one attached hydrogen (secondary N) is 2. The number of aromatic nitrogens is 3. The molecule has 0 aliphatic carbocycles. The van der Waals surface area contributed by atoms with E-state index in [1.165, 1.54) is 6.33 Å². The number of hydrogen-bond donors (Lipinski definition) is 2. The zero-order chi connectivity index (χ0) is 19.8. The Morgan fingerprint density at radius 3 is 2.57 bits per heavy atom. The van der Waals surface area contributed by atoms with Crippen LogP contribution in [0.25, 0.3) is 0 Å². The zero-order valence-electron chi connectivity index (χ0n) is 15.2. The third-order valence-corrected chi connectivity index (χ3v) is 5.35. The van der Waals surface area contributed by atoms with Gasteiger partial charge >= 0.3 is 0 Å². The number of halogens is 2. The van der Waals surface area contributed by atoms with Crippen LogP contribution in [0, 0.1) is 6.92 Å². The summed E-state index contributed by atoms with van der Waals surface area (Å²) < 4.78 is 1.66. The highest BCUT2D eigenvalue weighted by Gasteiger charge is 2.33. The van der Waals surface area contributed by atoms with E-state index in [-0.39, 0.29) is 5.91 Å². The van der Waals surface area contributed by atoms with Crippen LogP contribution in [0.4, 0.5) is 11.6 Å². The lowest BCUT2D eigenvalue weighted by molar-refractivity contribution is -0.113. The normalized spacial score (nSPS) is 15.8. The number of carbonyl (C=O) groups excluding carboxylic acids is 1. The average molecular weight is 414 g/mol. The van der Waals surface area contributed by atoms with Gasteiger partial charge in [-0.2, -0.15) is 10.1 Å². The first-order valence-electron chi connectivity index (χ1n) is 8.64. The fourth-order valence-corrected chi connectivity index (χ4v) is 3.52. The predicted octanol–water partition coefficient (Wildman–Crippen LogP) is 4.82. The maximum Gasteiger partial charge on any atom is 0.255 e. The Morgan fingerprint density at radius 2 is 1.86 bits per heavy atom. The Balaban J connectivity index is 1.77. The van der Waals surface area contributed by atoms with Crippen LogP contribution in [-0.4, -0.2) is 20.7 Å². The van der Waals surface area contributed by atoms with Gasteiger partial charge in [-0.1, -0.05) is 47.0 Å². The summed E-state index contributed by atoms with van der Waals surface area (Å²) in [6.45, 7) is 3.84. The monoisotopic (exact) mass is 413 g/mol. The minimum atomic E-state index is -0.487. The van der Waals surface area contributed by atoms with Crippen LogP contribution in [0.5, 0.6) is 0 Å². The Bertz CT molecular complexity index is 1090. The van der Waals surface area contributed by atoms with Crippen LogP contribution in [-0.2, 0) is 4.79 Å². The molecular formula is C20H17Cl2N5O. The number of amides is 1. The summed E-state index contributed by atoms with van der Waals surface area (Å²) in [5.41, 5.74) is 3.84. The van der Waals surface area contributed by atoms with Gasteiger partial charge in [-0.15, -0.1) is 0 Å². The summed E-state index contributed by atoms with van der Waals surface area (Å²) in [5.74, 6) is 0.325. The average Bonchev–Trinajstić information content (AvgIpc) is 3.12. The van der Waals surface area contributed by atoms with Gasteiger partial charge in [-0.3, -0.25) is 4.79 Å². The van der Waals surface area contributed by atoms with Crippen molar-refractivity contribution in [2.45, 2.75) is 19.9 Å². The van der Waals surface area contributed by atoms with Crippen LogP contribution < -0.4 is 10.6 Å².